The molecule has 7 heteroatoms. The monoisotopic (exact) mass is 344 g/mol. The normalized spacial score (nSPS) is 20.3. The number of ether oxygens (including phenoxy) is 1. The van der Waals surface area contributed by atoms with Crippen LogP contribution in [0.5, 0.6) is 5.75 Å². The van der Waals surface area contributed by atoms with E-state index in [1.807, 2.05) is 45.0 Å². The van der Waals surface area contributed by atoms with Gasteiger partial charge in [0.25, 0.3) is 5.91 Å². The van der Waals surface area contributed by atoms with Crippen molar-refractivity contribution in [3.63, 3.8) is 0 Å². The molecule has 7 nitrogen and oxygen atoms in total. The average molecular weight is 344 g/mol. The summed E-state index contributed by atoms with van der Waals surface area (Å²) in [6.07, 6.45) is 2.20. The Bertz CT molecular complexity index is 741. The smallest absolute Gasteiger partial charge is 0.260 e. The number of amides is 1. The number of hydrogen-bond acceptors (Lipinski definition) is 5. The number of aryl methyl sites for hydroxylation is 1. The van der Waals surface area contributed by atoms with Gasteiger partial charge in [-0.05, 0) is 32.9 Å². The standard InChI is InChI=1S/C18H24N4O3/c1-13(2)22-10-16(19-20-22)18(24)8-9-21(12-18)17(23)11-25-15-6-4-14(3)5-7-15/h4-7,10,13,24H,8-9,11-12H2,1-3H3/t18-/m0/s1. The summed E-state index contributed by atoms with van der Waals surface area (Å²) in [6.45, 7) is 6.62. The van der Waals surface area contributed by atoms with Crippen molar-refractivity contribution in [1.82, 2.24) is 19.9 Å². The minimum absolute atomic E-state index is 0.0438. The maximum absolute atomic E-state index is 12.4. The topological polar surface area (TPSA) is 80.5 Å². The number of carbonyl (C=O) groups is 1. The molecule has 0 aliphatic carbocycles. The lowest BCUT2D eigenvalue weighted by molar-refractivity contribution is -0.133. The van der Waals surface area contributed by atoms with Gasteiger partial charge >= 0.3 is 0 Å². The van der Waals surface area contributed by atoms with Crippen LogP contribution in [-0.4, -0.2) is 50.6 Å². The molecule has 1 aromatic carbocycles. The van der Waals surface area contributed by atoms with Crippen molar-refractivity contribution in [3.05, 3.63) is 41.7 Å². The molecule has 0 spiro atoms. The van der Waals surface area contributed by atoms with Crippen molar-refractivity contribution >= 4 is 5.91 Å². The SMILES string of the molecule is Cc1ccc(OCC(=O)N2CC[C@@](O)(c3cn(C(C)C)nn3)C2)cc1. The van der Waals surface area contributed by atoms with E-state index in [0.29, 0.717) is 24.4 Å². The lowest BCUT2D eigenvalue weighted by Gasteiger charge is -2.21. The maximum Gasteiger partial charge on any atom is 0.260 e. The zero-order valence-corrected chi connectivity index (χ0v) is 14.8. The summed E-state index contributed by atoms with van der Waals surface area (Å²) >= 11 is 0. The summed E-state index contributed by atoms with van der Waals surface area (Å²) in [4.78, 5) is 14.0. The van der Waals surface area contributed by atoms with Gasteiger partial charge in [0, 0.05) is 19.0 Å². The molecule has 2 aromatic rings. The molecular weight excluding hydrogens is 320 g/mol. The Hall–Kier alpha value is -2.41. The number of rotatable bonds is 5. The second-order valence-electron chi connectivity index (χ2n) is 6.88. The highest BCUT2D eigenvalue weighted by Gasteiger charge is 2.42. The first-order valence-corrected chi connectivity index (χ1v) is 8.49. The molecule has 0 radical (unpaired) electrons. The van der Waals surface area contributed by atoms with Crippen molar-refractivity contribution in [3.8, 4) is 5.75 Å². The molecule has 1 saturated heterocycles. The number of aromatic nitrogens is 3. The van der Waals surface area contributed by atoms with Crippen molar-refractivity contribution in [2.75, 3.05) is 19.7 Å². The molecule has 0 saturated carbocycles. The molecule has 134 valence electrons. The van der Waals surface area contributed by atoms with Gasteiger partial charge in [0.1, 0.15) is 17.0 Å². The zero-order chi connectivity index (χ0) is 18.0. The van der Waals surface area contributed by atoms with Crippen molar-refractivity contribution in [2.24, 2.45) is 0 Å². The zero-order valence-electron chi connectivity index (χ0n) is 14.8. The Balaban J connectivity index is 1.59. The predicted octanol–water partition coefficient (Wildman–Crippen LogP) is 1.67. The van der Waals surface area contributed by atoms with Crippen LogP contribution in [0, 0.1) is 6.92 Å². The van der Waals surface area contributed by atoms with E-state index in [1.165, 1.54) is 0 Å². The number of likely N-dealkylation sites (tertiary alicyclic amines) is 1. The second-order valence-corrected chi connectivity index (χ2v) is 6.88. The number of hydrogen-bond donors (Lipinski definition) is 1. The quantitative estimate of drug-likeness (QED) is 0.892. The van der Waals surface area contributed by atoms with Gasteiger partial charge in [-0.2, -0.15) is 0 Å². The molecule has 1 aliphatic heterocycles. The molecule has 1 amide bonds. The predicted molar refractivity (Wildman–Crippen MR) is 92.2 cm³/mol. The maximum atomic E-state index is 12.4. The molecule has 3 rings (SSSR count). The number of β-amino-alcohol motifs (C(OH)–C–C–N with tert-alkyl or cyclic N) is 1. The summed E-state index contributed by atoms with van der Waals surface area (Å²) in [5.74, 6) is 0.515. The van der Waals surface area contributed by atoms with E-state index in [4.69, 9.17) is 4.74 Å². The summed E-state index contributed by atoms with van der Waals surface area (Å²) in [5, 5.41) is 19.0. The molecule has 1 fully saturated rings. The van der Waals surface area contributed by atoms with Gasteiger partial charge < -0.3 is 14.7 Å². The van der Waals surface area contributed by atoms with Crippen LogP contribution >= 0.6 is 0 Å². The average Bonchev–Trinajstić information content (AvgIpc) is 3.22. The number of nitrogens with zero attached hydrogens (tertiary/aromatic N) is 4. The highest BCUT2D eigenvalue weighted by Crippen LogP contribution is 2.30. The summed E-state index contributed by atoms with van der Waals surface area (Å²) in [5.41, 5.74) is 0.501. The number of carbonyl (C=O) groups excluding carboxylic acids is 1. The molecular formula is C18H24N4O3. The third-order valence-electron chi connectivity index (χ3n) is 4.50. The Kier molecular flexibility index (Phi) is 4.76. The van der Waals surface area contributed by atoms with Gasteiger partial charge in [-0.25, -0.2) is 4.68 Å². The minimum atomic E-state index is -1.15. The molecule has 2 heterocycles. The fraction of sp³-hybridized carbons (Fsp3) is 0.500. The lowest BCUT2D eigenvalue weighted by atomic mass is 10.00. The summed E-state index contributed by atoms with van der Waals surface area (Å²) in [6, 6.07) is 7.73. The van der Waals surface area contributed by atoms with Crippen LogP contribution < -0.4 is 4.74 Å². The first-order chi connectivity index (χ1) is 11.9. The third-order valence-corrected chi connectivity index (χ3v) is 4.50. The van der Waals surface area contributed by atoms with Crippen LogP contribution in [0.4, 0.5) is 0 Å². The van der Waals surface area contributed by atoms with E-state index in [0.717, 1.165) is 5.56 Å². The van der Waals surface area contributed by atoms with E-state index in [1.54, 1.807) is 15.8 Å². The Labute approximate surface area is 147 Å². The molecule has 0 unspecified atom stereocenters. The van der Waals surface area contributed by atoms with Gasteiger partial charge in [-0.3, -0.25) is 4.79 Å². The number of aliphatic hydroxyl groups is 1. The van der Waals surface area contributed by atoms with Crippen molar-refractivity contribution < 1.29 is 14.6 Å². The van der Waals surface area contributed by atoms with E-state index < -0.39 is 5.60 Å². The molecule has 1 N–H and O–H groups in total. The molecule has 1 aromatic heterocycles. The van der Waals surface area contributed by atoms with Crippen LogP contribution in [-0.2, 0) is 10.4 Å². The molecule has 1 atom stereocenters. The fourth-order valence-corrected chi connectivity index (χ4v) is 2.83. The fourth-order valence-electron chi connectivity index (χ4n) is 2.83. The highest BCUT2D eigenvalue weighted by atomic mass is 16.5. The van der Waals surface area contributed by atoms with Gasteiger partial charge in [0.15, 0.2) is 6.61 Å². The van der Waals surface area contributed by atoms with Crippen LogP contribution in [0.2, 0.25) is 0 Å². The molecule has 1 aliphatic rings. The van der Waals surface area contributed by atoms with Crippen molar-refractivity contribution in [1.29, 1.82) is 0 Å². The molecule has 25 heavy (non-hydrogen) atoms. The lowest BCUT2D eigenvalue weighted by Crippen LogP contribution is -2.37. The summed E-state index contributed by atoms with van der Waals surface area (Å²) < 4.78 is 7.25. The van der Waals surface area contributed by atoms with E-state index >= 15 is 0 Å². The van der Waals surface area contributed by atoms with Gasteiger partial charge in [-0.1, -0.05) is 22.9 Å². The first-order valence-electron chi connectivity index (χ1n) is 8.49. The van der Waals surface area contributed by atoms with Crippen LogP contribution in [0.3, 0.4) is 0 Å². The number of benzene rings is 1. The highest BCUT2D eigenvalue weighted by molar-refractivity contribution is 5.78. The largest absolute Gasteiger partial charge is 0.484 e. The third kappa shape index (κ3) is 3.82. The van der Waals surface area contributed by atoms with Gasteiger partial charge in [0.05, 0.1) is 12.7 Å². The Morgan fingerprint density at radius 1 is 1.36 bits per heavy atom. The van der Waals surface area contributed by atoms with E-state index in [9.17, 15) is 9.90 Å². The van der Waals surface area contributed by atoms with Crippen LogP contribution in [0.15, 0.2) is 30.5 Å². The van der Waals surface area contributed by atoms with Crippen molar-refractivity contribution in [2.45, 2.75) is 38.8 Å². The van der Waals surface area contributed by atoms with Crippen LogP contribution in [0.25, 0.3) is 0 Å². The van der Waals surface area contributed by atoms with Crippen LogP contribution in [0.1, 0.15) is 37.6 Å². The first kappa shape index (κ1) is 17.4. The molecule has 0 bridgehead atoms. The van der Waals surface area contributed by atoms with E-state index in [2.05, 4.69) is 10.3 Å². The Morgan fingerprint density at radius 3 is 2.72 bits per heavy atom. The second kappa shape index (κ2) is 6.84. The van der Waals surface area contributed by atoms with E-state index in [-0.39, 0.29) is 25.1 Å². The minimum Gasteiger partial charge on any atom is -0.484 e. The summed E-state index contributed by atoms with van der Waals surface area (Å²) in [7, 11) is 0. The van der Waals surface area contributed by atoms with Gasteiger partial charge in [-0.15, -0.1) is 5.10 Å². The van der Waals surface area contributed by atoms with Gasteiger partial charge in [0.2, 0.25) is 0 Å². The Morgan fingerprint density at radius 2 is 2.08 bits per heavy atom.